The summed E-state index contributed by atoms with van der Waals surface area (Å²) < 4.78 is 0. The average Bonchev–Trinajstić information content (AvgIpc) is 2.26. The number of likely N-dealkylation sites (N-methyl/N-ethyl adjacent to an activating group) is 1. The smallest absolute Gasteiger partial charge is 0.0726 e. The molecule has 0 aromatic heterocycles. The lowest BCUT2D eigenvalue weighted by molar-refractivity contribution is -0.0349. The van der Waals surface area contributed by atoms with Crippen molar-refractivity contribution in [1.29, 1.82) is 0 Å². The summed E-state index contributed by atoms with van der Waals surface area (Å²) in [5.74, 6) is 0. The summed E-state index contributed by atoms with van der Waals surface area (Å²) in [4.78, 5) is 2.24. The molecule has 1 unspecified atom stereocenters. The highest BCUT2D eigenvalue weighted by Gasteiger charge is 2.40. The van der Waals surface area contributed by atoms with E-state index in [1.807, 2.05) is 6.08 Å². The second-order valence-corrected chi connectivity index (χ2v) is 4.94. The number of aliphatic hydroxyl groups is 1. The van der Waals surface area contributed by atoms with E-state index in [9.17, 15) is 5.11 Å². The van der Waals surface area contributed by atoms with Gasteiger partial charge < -0.3 is 10.0 Å². The standard InChI is InChI=1S/C13H25NO/c1-4-5-9-12(15)13(14(2)3)10-7-6-8-11-13/h4,12,15H,1,5-11H2,2-3H3. The molecular formula is C13H25NO. The van der Waals surface area contributed by atoms with Gasteiger partial charge in [0.1, 0.15) is 0 Å². The number of nitrogens with zero attached hydrogens (tertiary/aromatic N) is 1. The Morgan fingerprint density at radius 1 is 1.33 bits per heavy atom. The molecule has 0 radical (unpaired) electrons. The predicted molar refractivity (Wildman–Crippen MR) is 64.9 cm³/mol. The molecule has 2 heteroatoms. The van der Waals surface area contributed by atoms with E-state index >= 15 is 0 Å². The molecule has 1 rings (SSSR count). The SMILES string of the molecule is C=CCCC(O)C1(N(C)C)CCCCC1. The Bertz CT molecular complexity index is 195. The molecule has 0 saturated heterocycles. The quantitative estimate of drug-likeness (QED) is 0.707. The second-order valence-electron chi connectivity index (χ2n) is 4.94. The molecule has 1 aliphatic carbocycles. The molecule has 0 aliphatic heterocycles. The fraction of sp³-hybridized carbons (Fsp3) is 0.846. The molecule has 0 aromatic rings. The summed E-state index contributed by atoms with van der Waals surface area (Å²) in [5.41, 5.74) is 0.0290. The number of aliphatic hydroxyl groups excluding tert-OH is 1. The van der Waals surface area contributed by atoms with Crippen molar-refractivity contribution in [2.45, 2.75) is 56.6 Å². The summed E-state index contributed by atoms with van der Waals surface area (Å²) >= 11 is 0. The highest BCUT2D eigenvalue weighted by molar-refractivity contribution is 4.97. The van der Waals surface area contributed by atoms with Crippen molar-refractivity contribution in [3.63, 3.8) is 0 Å². The molecule has 2 nitrogen and oxygen atoms in total. The van der Waals surface area contributed by atoms with Crippen molar-refractivity contribution in [2.75, 3.05) is 14.1 Å². The molecule has 1 saturated carbocycles. The Balaban J connectivity index is 2.66. The minimum atomic E-state index is -0.203. The van der Waals surface area contributed by atoms with Crippen LogP contribution in [-0.2, 0) is 0 Å². The van der Waals surface area contributed by atoms with Crippen LogP contribution in [0.15, 0.2) is 12.7 Å². The van der Waals surface area contributed by atoms with Crippen LogP contribution in [0.25, 0.3) is 0 Å². The van der Waals surface area contributed by atoms with Gasteiger partial charge in [0.25, 0.3) is 0 Å². The van der Waals surface area contributed by atoms with Crippen LogP contribution in [0.2, 0.25) is 0 Å². The molecule has 0 aromatic carbocycles. The van der Waals surface area contributed by atoms with E-state index in [1.54, 1.807) is 0 Å². The van der Waals surface area contributed by atoms with Gasteiger partial charge in [0, 0.05) is 5.54 Å². The third-order valence-electron chi connectivity index (χ3n) is 3.87. The molecule has 88 valence electrons. The second kappa shape index (κ2) is 5.66. The molecule has 1 aliphatic rings. The van der Waals surface area contributed by atoms with Crippen molar-refractivity contribution in [2.24, 2.45) is 0 Å². The van der Waals surface area contributed by atoms with Gasteiger partial charge in [-0.3, -0.25) is 0 Å². The van der Waals surface area contributed by atoms with Gasteiger partial charge in [0.05, 0.1) is 6.10 Å². The Labute approximate surface area is 94.0 Å². The molecule has 1 N–H and O–H groups in total. The van der Waals surface area contributed by atoms with E-state index in [0.29, 0.717) is 0 Å². The lowest BCUT2D eigenvalue weighted by atomic mass is 9.75. The van der Waals surface area contributed by atoms with Gasteiger partial charge in [-0.1, -0.05) is 25.3 Å². The number of rotatable bonds is 5. The van der Waals surface area contributed by atoms with Crippen LogP contribution in [0, 0.1) is 0 Å². The normalized spacial score (nSPS) is 22.7. The van der Waals surface area contributed by atoms with Crippen molar-refractivity contribution in [3.8, 4) is 0 Å². The predicted octanol–water partition coefficient (Wildman–Crippen LogP) is 2.58. The zero-order valence-electron chi connectivity index (χ0n) is 10.2. The van der Waals surface area contributed by atoms with Gasteiger partial charge >= 0.3 is 0 Å². The third-order valence-corrected chi connectivity index (χ3v) is 3.87. The van der Waals surface area contributed by atoms with Crippen molar-refractivity contribution in [3.05, 3.63) is 12.7 Å². The van der Waals surface area contributed by atoms with Crippen LogP contribution in [0.4, 0.5) is 0 Å². The first-order valence-electron chi connectivity index (χ1n) is 6.10. The van der Waals surface area contributed by atoms with Crippen molar-refractivity contribution < 1.29 is 5.11 Å². The third kappa shape index (κ3) is 2.82. The molecule has 1 atom stereocenters. The molecule has 1 fully saturated rings. The maximum absolute atomic E-state index is 10.3. The monoisotopic (exact) mass is 211 g/mol. The molecule has 0 bridgehead atoms. The van der Waals surface area contributed by atoms with E-state index < -0.39 is 0 Å². The van der Waals surface area contributed by atoms with E-state index in [1.165, 1.54) is 19.3 Å². The highest BCUT2D eigenvalue weighted by Crippen LogP contribution is 2.36. The maximum Gasteiger partial charge on any atom is 0.0726 e. The summed E-state index contributed by atoms with van der Waals surface area (Å²) in [6, 6.07) is 0. The average molecular weight is 211 g/mol. The van der Waals surface area contributed by atoms with Crippen LogP contribution in [-0.4, -0.2) is 35.7 Å². The van der Waals surface area contributed by atoms with Gasteiger partial charge in [0.2, 0.25) is 0 Å². The van der Waals surface area contributed by atoms with Gasteiger partial charge in [-0.05, 0) is 39.8 Å². The van der Waals surface area contributed by atoms with Crippen LogP contribution in [0.1, 0.15) is 44.9 Å². The Morgan fingerprint density at radius 3 is 2.40 bits per heavy atom. The van der Waals surface area contributed by atoms with Crippen LogP contribution in [0.3, 0.4) is 0 Å². The zero-order chi connectivity index (χ0) is 11.3. The Kier molecular flexibility index (Phi) is 4.81. The topological polar surface area (TPSA) is 23.5 Å². The van der Waals surface area contributed by atoms with Crippen LogP contribution < -0.4 is 0 Å². The van der Waals surface area contributed by atoms with Gasteiger partial charge in [-0.25, -0.2) is 0 Å². The summed E-state index contributed by atoms with van der Waals surface area (Å²) in [6.45, 7) is 3.72. The fourth-order valence-electron chi connectivity index (χ4n) is 2.79. The lowest BCUT2D eigenvalue weighted by Crippen LogP contribution is -2.54. The molecule has 0 amide bonds. The molecular weight excluding hydrogens is 186 g/mol. The summed E-state index contributed by atoms with van der Waals surface area (Å²) in [7, 11) is 4.20. The fourth-order valence-corrected chi connectivity index (χ4v) is 2.79. The van der Waals surface area contributed by atoms with Crippen LogP contribution in [0.5, 0.6) is 0 Å². The number of allylic oxidation sites excluding steroid dienone is 1. The van der Waals surface area contributed by atoms with E-state index in [2.05, 4.69) is 25.6 Å². The Morgan fingerprint density at radius 2 is 1.93 bits per heavy atom. The van der Waals surface area contributed by atoms with Crippen molar-refractivity contribution >= 4 is 0 Å². The van der Waals surface area contributed by atoms with Crippen LogP contribution >= 0.6 is 0 Å². The van der Waals surface area contributed by atoms with Gasteiger partial charge in [-0.2, -0.15) is 0 Å². The molecule has 0 heterocycles. The first kappa shape index (κ1) is 12.7. The van der Waals surface area contributed by atoms with E-state index in [4.69, 9.17) is 0 Å². The lowest BCUT2D eigenvalue weighted by Gasteiger charge is -2.46. The minimum absolute atomic E-state index is 0.0290. The summed E-state index contributed by atoms with van der Waals surface area (Å²) in [5, 5.41) is 10.3. The first-order chi connectivity index (χ1) is 7.13. The highest BCUT2D eigenvalue weighted by atomic mass is 16.3. The number of hydrogen-bond donors (Lipinski definition) is 1. The molecule has 15 heavy (non-hydrogen) atoms. The Hall–Kier alpha value is -0.340. The largest absolute Gasteiger partial charge is 0.391 e. The van der Waals surface area contributed by atoms with E-state index in [0.717, 1.165) is 25.7 Å². The summed E-state index contributed by atoms with van der Waals surface area (Å²) in [6.07, 6.45) is 9.56. The van der Waals surface area contributed by atoms with Gasteiger partial charge in [0.15, 0.2) is 0 Å². The first-order valence-corrected chi connectivity index (χ1v) is 6.10. The van der Waals surface area contributed by atoms with E-state index in [-0.39, 0.29) is 11.6 Å². The zero-order valence-corrected chi connectivity index (χ0v) is 10.2. The molecule has 0 spiro atoms. The van der Waals surface area contributed by atoms with Gasteiger partial charge in [-0.15, -0.1) is 6.58 Å². The number of hydrogen-bond acceptors (Lipinski definition) is 2. The van der Waals surface area contributed by atoms with Crippen molar-refractivity contribution in [1.82, 2.24) is 4.90 Å². The minimum Gasteiger partial charge on any atom is -0.391 e. The maximum atomic E-state index is 10.3.